The second-order valence-electron chi connectivity index (χ2n) is 8.30. The normalized spacial score (nSPS) is 21.8. The summed E-state index contributed by atoms with van der Waals surface area (Å²) < 4.78 is 12.1. The van der Waals surface area contributed by atoms with Crippen LogP contribution in [0.2, 0.25) is 5.02 Å². The van der Waals surface area contributed by atoms with Crippen molar-refractivity contribution in [3.05, 3.63) is 64.7 Å². The summed E-state index contributed by atoms with van der Waals surface area (Å²) >= 11 is 6.19. The summed E-state index contributed by atoms with van der Waals surface area (Å²) in [5, 5.41) is 0.767. The number of carbonyl (C=O) groups is 1. The van der Waals surface area contributed by atoms with Crippen molar-refractivity contribution >= 4 is 17.5 Å². The van der Waals surface area contributed by atoms with Gasteiger partial charge in [0.15, 0.2) is 6.61 Å². The molecule has 0 aromatic heterocycles. The average molecular weight is 416 g/mol. The molecular formula is C24H30ClNO3. The molecule has 1 aliphatic rings. The van der Waals surface area contributed by atoms with E-state index in [1.54, 1.807) is 14.1 Å². The molecule has 3 rings (SSSR count). The molecule has 5 heteroatoms. The van der Waals surface area contributed by atoms with Crippen LogP contribution in [0.3, 0.4) is 0 Å². The Hall–Kier alpha value is -2.04. The smallest absolute Gasteiger partial charge is 0.259 e. The van der Waals surface area contributed by atoms with Crippen LogP contribution in [0.1, 0.15) is 43.4 Å². The summed E-state index contributed by atoms with van der Waals surface area (Å²) in [6.07, 6.45) is 1.06. The Kier molecular flexibility index (Phi) is 7.20. The highest BCUT2D eigenvalue weighted by Crippen LogP contribution is 2.44. The molecule has 0 unspecified atom stereocenters. The van der Waals surface area contributed by atoms with Crippen LogP contribution in [0.25, 0.3) is 0 Å². The van der Waals surface area contributed by atoms with Gasteiger partial charge in [0, 0.05) is 25.0 Å². The van der Waals surface area contributed by atoms with Gasteiger partial charge in [-0.25, -0.2) is 0 Å². The van der Waals surface area contributed by atoms with Gasteiger partial charge in [-0.2, -0.15) is 0 Å². The number of hydrogen-bond donors (Lipinski definition) is 0. The first kappa shape index (κ1) is 21.7. The molecule has 1 fully saturated rings. The predicted molar refractivity (Wildman–Crippen MR) is 116 cm³/mol. The van der Waals surface area contributed by atoms with Gasteiger partial charge >= 0.3 is 0 Å². The van der Waals surface area contributed by atoms with Gasteiger partial charge in [-0.3, -0.25) is 4.79 Å². The van der Waals surface area contributed by atoms with Crippen LogP contribution in [0.5, 0.6) is 5.75 Å². The van der Waals surface area contributed by atoms with Crippen molar-refractivity contribution in [3.8, 4) is 5.75 Å². The average Bonchev–Trinajstić information content (AvgIpc) is 2.71. The van der Waals surface area contributed by atoms with Crippen molar-refractivity contribution in [2.75, 3.05) is 27.3 Å². The molecule has 2 aromatic carbocycles. The van der Waals surface area contributed by atoms with Crippen molar-refractivity contribution in [1.82, 2.24) is 4.90 Å². The number of benzene rings is 2. The van der Waals surface area contributed by atoms with Crippen LogP contribution >= 0.6 is 11.6 Å². The zero-order valence-electron chi connectivity index (χ0n) is 17.6. The monoisotopic (exact) mass is 415 g/mol. The molecule has 1 aliphatic heterocycles. The van der Waals surface area contributed by atoms with E-state index in [0.29, 0.717) is 30.1 Å². The largest absolute Gasteiger partial charge is 0.484 e. The minimum atomic E-state index is -0.0614. The van der Waals surface area contributed by atoms with E-state index in [0.717, 1.165) is 17.0 Å². The first-order valence-corrected chi connectivity index (χ1v) is 10.5. The number of carbonyl (C=O) groups excluding carboxylic acids is 1. The van der Waals surface area contributed by atoms with Gasteiger partial charge in [-0.05, 0) is 53.6 Å². The first-order chi connectivity index (χ1) is 13.8. The van der Waals surface area contributed by atoms with Crippen molar-refractivity contribution in [1.29, 1.82) is 0 Å². The third-order valence-corrected chi connectivity index (χ3v) is 5.88. The van der Waals surface area contributed by atoms with Gasteiger partial charge in [0.25, 0.3) is 5.91 Å². The fourth-order valence-electron chi connectivity index (χ4n) is 3.88. The number of rotatable bonds is 6. The van der Waals surface area contributed by atoms with E-state index in [-0.39, 0.29) is 18.6 Å². The zero-order chi connectivity index (χ0) is 21.0. The number of halogens is 1. The lowest BCUT2D eigenvalue weighted by Crippen LogP contribution is -2.31. The molecule has 0 saturated carbocycles. The first-order valence-electron chi connectivity index (χ1n) is 10.1. The van der Waals surface area contributed by atoms with Gasteiger partial charge in [0.2, 0.25) is 0 Å². The third-order valence-electron chi connectivity index (χ3n) is 5.65. The van der Waals surface area contributed by atoms with E-state index in [9.17, 15) is 4.79 Å². The highest BCUT2D eigenvalue weighted by Gasteiger charge is 2.35. The van der Waals surface area contributed by atoms with E-state index < -0.39 is 0 Å². The van der Waals surface area contributed by atoms with Crippen LogP contribution in [-0.4, -0.2) is 38.1 Å². The summed E-state index contributed by atoms with van der Waals surface area (Å²) in [5.74, 6) is 1.83. The van der Waals surface area contributed by atoms with E-state index in [2.05, 4.69) is 26.0 Å². The molecule has 4 nitrogen and oxygen atoms in total. The lowest BCUT2D eigenvalue weighted by molar-refractivity contribution is -0.130. The van der Waals surface area contributed by atoms with Crippen molar-refractivity contribution in [3.63, 3.8) is 0 Å². The Bertz CT molecular complexity index is 836. The Labute approximate surface area is 178 Å². The SMILES string of the molecule is CC(C)[C@@H]1C[C@H](c2cccc(Cl)c2)CO[C@H]1c1cccc(OCC(=O)N(C)C)c1. The van der Waals surface area contributed by atoms with E-state index in [1.165, 1.54) is 10.5 Å². The molecule has 1 heterocycles. The molecule has 156 valence electrons. The Morgan fingerprint density at radius 1 is 1.17 bits per heavy atom. The third kappa shape index (κ3) is 5.52. The molecule has 3 atom stereocenters. The highest BCUT2D eigenvalue weighted by molar-refractivity contribution is 6.30. The highest BCUT2D eigenvalue weighted by atomic mass is 35.5. The summed E-state index contributed by atoms with van der Waals surface area (Å²) in [6, 6.07) is 16.0. The maximum atomic E-state index is 11.8. The Balaban J connectivity index is 1.74. The Morgan fingerprint density at radius 2 is 1.90 bits per heavy atom. The van der Waals surface area contributed by atoms with Crippen LogP contribution < -0.4 is 4.74 Å². The topological polar surface area (TPSA) is 38.8 Å². The number of likely N-dealkylation sites (N-methyl/N-ethyl adjacent to an activating group) is 1. The quantitative estimate of drug-likeness (QED) is 0.640. The van der Waals surface area contributed by atoms with Crippen molar-refractivity contribution in [2.45, 2.75) is 32.3 Å². The molecule has 0 spiro atoms. The zero-order valence-corrected chi connectivity index (χ0v) is 18.4. The van der Waals surface area contributed by atoms with Gasteiger partial charge in [0.05, 0.1) is 12.7 Å². The minimum Gasteiger partial charge on any atom is -0.484 e. The summed E-state index contributed by atoms with van der Waals surface area (Å²) in [6.45, 7) is 5.19. The van der Waals surface area contributed by atoms with Crippen LogP contribution in [0.4, 0.5) is 0 Å². The van der Waals surface area contributed by atoms with Crippen LogP contribution in [0, 0.1) is 11.8 Å². The molecule has 0 bridgehead atoms. The molecule has 1 amide bonds. The molecular weight excluding hydrogens is 386 g/mol. The van der Waals surface area contributed by atoms with E-state index in [1.807, 2.05) is 36.4 Å². The standard InChI is InChI=1S/C24H30ClNO3/c1-16(2)22-13-19(17-7-5-9-20(25)11-17)14-29-24(22)18-8-6-10-21(12-18)28-15-23(27)26(3)4/h5-12,16,19,22,24H,13-15H2,1-4H3/t19-,22-,24-/m0/s1. The lowest BCUT2D eigenvalue weighted by Gasteiger charge is -2.39. The predicted octanol–water partition coefficient (Wildman–Crippen LogP) is 5.32. The van der Waals surface area contributed by atoms with Gasteiger partial charge in [0.1, 0.15) is 5.75 Å². The van der Waals surface area contributed by atoms with Gasteiger partial charge < -0.3 is 14.4 Å². The number of ether oxygens (including phenoxy) is 2. The number of hydrogen-bond acceptors (Lipinski definition) is 3. The number of nitrogens with zero attached hydrogens (tertiary/aromatic N) is 1. The van der Waals surface area contributed by atoms with E-state index >= 15 is 0 Å². The minimum absolute atomic E-state index is 0.0125. The maximum Gasteiger partial charge on any atom is 0.259 e. The molecule has 2 aromatic rings. The second kappa shape index (κ2) is 9.64. The summed E-state index contributed by atoms with van der Waals surface area (Å²) in [7, 11) is 3.45. The summed E-state index contributed by atoms with van der Waals surface area (Å²) in [5.41, 5.74) is 2.34. The van der Waals surface area contributed by atoms with Crippen molar-refractivity contribution < 1.29 is 14.3 Å². The van der Waals surface area contributed by atoms with Crippen LogP contribution in [-0.2, 0) is 9.53 Å². The van der Waals surface area contributed by atoms with Crippen LogP contribution in [0.15, 0.2) is 48.5 Å². The molecule has 0 aliphatic carbocycles. The van der Waals surface area contributed by atoms with Crippen molar-refractivity contribution in [2.24, 2.45) is 11.8 Å². The Morgan fingerprint density at radius 3 is 2.59 bits per heavy atom. The van der Waals surface area contributed by atoms with Gasteiger partial charge in [-0.1, -0.05) is 49.7 Å². The molecule has 0 N–H and O–H groups in total. The fourth-order valence-corrected chi connectivity index (χ4v) is 4.08. The number of amides is 1. The lowest BCUT2D eigenvalue weighted by atomic mass is 9.76. The van der Waals surface area contributed by atoms with Gasteiger partial charge in [-0.15, -0.1) is 0 Å². The molecule has 0 radical (unpaired) electrons. The molecule has 29 heavy (non-hydrogen) atoms. The fraction of sp³-hybridized carbons (Fsp3) is 0.458. The second-order valence-corrected chi connectivity index (χ2v) is 8.74. The maximum absolute atomic E-state index is 11.8. The van der Waals surface area contributed by atoms with E-state index in [4.69, 9.17) is 21.1 Å². The molecule has 1 saturated heterocycles. The summed E-state index contributed by atoms with van der Waals surface area (Å²) in [4.78, 5) is 13.3.